The van der Waals surface area contributed by atoms with Crippen LogP contribution >= 0.6 is 25.5 Å². The van der Waals surface area contributed by atoms with Crippen molar-refractivity contribution in [2.24, 2.45) is 5.92 Å². The van der Waals surface area contributed by atoms with Gasteiger partial charge in [0.1, 0.15) is 0 Å². The van der Waals surface area contributed by atoms with Gasteiger partial charge in [-0.15, -0.1) is 11.6 Å². The Bertz CT molecular complexity index is 1160. The van der Waals surface area contributed by atoms with Gasteiger partial charge in [-0.3, -0.25) is 0 Å². The van der Waals surface area contributed by atoms with Crippen molar-refractivity contribution in [2.75, 3.05) is 6.16 Å². The molecule has 0 fully saturated rings. The Balaban J connectivity index is 0.000000315. The van der Waals surface area contributed by atoms with Gasteiger partial charge in [-0.2, -0.15) is 30.2 Å². The summed E-state index contributed by atoms with van der Waals surface area (Å²) >= 11 is 2.02. The van der Waals surface area contributed by atoms with E-state index in [1.165, 1.54) is 33.6 Å². The second kappa shape index (κ2) is 15.6. The molecule has 0 saturated heterocycles. The van der Waals surface area contributed by atoms with Crippen LogP contribution in [0, 0.1) is 18.8 Å². The van der Waals surface area contributed by atoms with Gasteiger partial charge in [0.25, 0.3) is 0 Å². The van der Waals surface area contributed by atoms with Crippen LogP contribution in [0.15, 0.2) is 146 Å². The van der Waals surface area contributed by atoms with Crippen LogP contribution in [0.2, 0.25) is 0 Å². The Hall–Kier alpha value is -2.00. The van der Waals surface area contributed by atoms with Crippen LogP contribution in [0.3, 0.4) is 0 Å². The molecule has 0 amide bonds. The number of rotatable bonds is 7. The number of benzene rings is 4. The Morgan fingerprint density at radius 2 is 1.03 bits per heavy atom. The Morgan fingerprint density at radius 3 is 1.32 bits per heavy atom. The summed E-state index contributed by atoms with van der Waals surface area (Å²) in [6.07, 6.45) is 11.3. The molecule has 0 aromatic heterocycles. The molecule has 0 saturated carbocycles. The summed E-state index contributed by atoms with van der Waals surface area (Å²) in [7, 11) is 3.56. The fourth-order valence-corrected chi connectivity index (χ4v) is 10.3. The predicted octanol–water partition coefficient (Wildman–Crippen LogP) is 7.85. The minimum atomic E-state index is -0.520. The quantitative estimate of drug-likeness (QED) is 0.110. The number of allylic oxidation sites excluding steroid dienone is 4. The summed E-state index contributed by atoms with van der Waals surface area (Å²) in [6, 6.07) is 43.8. The molecule has 4 heteroatoms. The van der Waals surface area contributed by atoms with Crippen LogP contribution in [0.4, 0.5) is 0 Å². The molecule has 0 radical (unpaired) electrons. The van der Waals surface area contributed by atoms with Crippen LogP contribution < -0.4 is 21.2 Å². The van der Waals surface area contributed by atoms with Crippen molar-refractivity contribution in [1.29, 1.82) is 0 Å². The summed E-state index contributed by atoms with van der Waals surface area (Å²) in [5, 5.41) is 5.67. The fourth-order valence-electron chi connectivity index (χ4n) is 4.77. The molecular formula is C34H32ClP2Rh. The van der Waals surface area contributed by atoms with E-state index >= 15 is 0 Å². The Morgan fingerprint density at radius 1 is 0.658 bits per heavy atom. The predicted molar refractivity (Wildman–Crippen MR) is 168 cm³/mol. The fraction of sp³-hybridized carbons (Fsp3) is 0.118. The van der Waals surface area contributed by atoms with Crippen LogP contribution in [-0.2, 0) is 17.3 Å². The van der Waals surface area contributed by atoms with Gasteiger partial charge in [-0.1, -0.05) is 136 Å². The molecule has 0 N–H and O–H groups in total. The normalized spacial score (nSPS) is 14.2. The maximum absolute atomic E-state index is 4.73. The van der Waals surface area contributed by atoms with Crippen LogP contribution in [-0.4, -0.2) is 11.8 Å². The molecule has 0 nitrogen and oxygen atoms in total. The number of hydrogen-bond acceptors (Lipinski definition) is 0. The molecule has 0 aliphatic heterocycles. The number of hydrogen-bond donors (Lipinski definition) is 0. The van der Waals surface area contributed by atoms with Gasteiger partial charge in [0.15, 0.2) is 0 Å². The molecule has 0 unspecified atom stereocenters. The molecule has 2 aliphatic rings. The molecule has 4 aromatic rings. The first-order valence-corrected chi connectivity index (χ1v) is 17.8. The van der Waals surface area contributed by atoms with Gasteiger partial charge < -0.3 is 6.92 Å². The molecular weight excluding hydrogens is 609 g/mol. The molecule has 0 heterocycles. The monoisotopic (exact) mass is 640 g/mol. The molecule has 38 heavy (non-hydrogen) atoms. The first-order chi connectivity index (χ1) is 18.8. The molecule has 6 rings (SSSR count). The zero-order valence-electron chi connectivity index (χ0n) is 21.2. The van der Waals surface area contributed by atoms with Crippen LogP contribution in [0.1, 0.15) is 6.42 Å². The molecule has 194 valence electrons. The molecule has 1 atom stereocenters. The third kappa shape index (κ3) is 8.01. The van der Waals surface area contributed by atoms with Crippen molar-refractivity contribution in [3.63, 3.8) is 0 Å². The minimum absolute atomic E-state index is 0.335. The van der Waals surface area contributed by atoms with Gasteiger partial charge in [0.05, 0.1) is 0 Å². The van der Waals surface area contributed by atoms with E-state index in [0.29, 0.717) is 5.66 Å². The second-order valence-corrected chi connectivity index (χ2v) is 13.9. The Kier molecular flexibility index (Phi) is 11.9. The maximum atomic E-state index is 4.73. The van der Waals surface area contributed by atoms with Gasteiger partial charge >= 0.3 is 27.0 Å². The zero-order chi connectivity index (χ0) is 26.6. The summed E-state index contributed by atoms with van der Waals surface area (Å²) in [5.41, 5.74) is 0.335. The van der Waals surface area contributed by atoms with Crippen molar-refractivity contribution >= 4 is 46.8 Å². The van der Waals surface area contributed by atoms with Crippen LogP contribution in [0.5, 0.6) is 0 Å². The van der Waals surface area contributed by atoms with E-state index in [-0.39, 0.29) is 0 Å². The van der Waals surface area contributed by atoms with Gasteiger partial charge in [-0.05, 0) is 35.3 Å². The van der Waals surface area contributed by atoms with Crippen molar-refractivity contribution in [3.05, 3.63) is 158 Å². The Labute approximate surface area is 245 Å². The average molecular weight is 641 g/mol. The first-order valence-electron chi connectivity index (χ1n) is 12.7. The van der Waals surface area contributed by atoms with E-state index in [1.54, 1.807) is 0 Å². The summed E-state index contributed by atoms with van der Waals surface area (Å²) in [6.45, 7) is 4.73. The van der Waals surface area contributed by atoms with E-state index < -0.39 is 15.8 Å². The summed E-state index contributed by atoms with van der Waals surface area (Å²) in [4.78, 5) is 0. The van der Waals surface area contributed by atoms with E-state index in [1.807, 2.05) is 17.3 Å². The average Bonchev–Trinajstić information content (AvgIpc) is 3.66. The molecule has 0 spiro atoms. The topological polar surface area (TPSA) is 0 Å². The third-order valence-corrected chi connectivity index (χ3v) is 12.1. The van der Waals surface area contributed by atoms with Crippen molar-refractivity contribution < 1.29 is 17.3 Å². The van der Waals surface area contributed by atoms with E-state index in [2.05, 4.69) is 155 Å². The van der Waals surface area contributed by atoms with Gasteiger partial charge in [0.2, 0.25) is 0 Å². The van der Waals surface area contributed by atoms with Gasteiger partial charge in [0, 0.05) is 0 Å². The standard InChI is InChI=1S/C27H25P2.C7H7.ClH.Rh/c1-23(29(26-18-10-4-11-19-26)27-20-12-5-13-21-27)22-28(24-14-6-2-7-15-24)25-16-8-3-9-17-25;1-2-7-4-3-6(1)5-7;;/h2-21,23H,1,22H2;1-4,6H,5H2;1H;/q2*-1;;+3/p-1/t23-;;;/m1.../s1. The second-order valence-electron chi connectivity index (χ2n) is 9.14. The van der Waals surface area contributed by atoms with E-state index in [0.717, 1.165) is 12.1 Å². The van der Waals surface area contributed by atoms with Crippen molar-refractivity contribution in [2.45, 2.75) is 12.1 Å². The number of halogens is 1. The number of fused-ring (bicyclic) bond motifs is 2. The first kappa shape index (κ1) is 29.0. The molecule has 4 aromatic carbocycles. The van der Waals surface area contributed by atoms with Gasteiger partial charge in [-0.25, -0.2) is 0 Å². The van der Waals surface area contributed by atoms with E-state index in [9.17, 15) is 0 Å². The summed E-state index contributed by atoms with van der Waals surface area (Å²) in [5.74, 6) is 2.28. The SMILES string of the molecule is C1=CC2C=C[C-]1C2.[CH2-][C@H](CP(c1ccccc1)c1ccccc1)P(c1ccccc1)c1ccccc1.[Cl][Rh+2]. The molecule has 2 bridgehead atoms. The molecule has 2 aliphatic carbocycles. The van der Waals surface area contributed by atoms with Crippen molar-refractivity contribution in [3.8, 4) is 0 Å². The van der Waals surface area contributed by atoms with E-state index in [4.69, 9.17) is 6.92 Å². The summed E-state index contributed by atoms with van der Waals surface area (Å²) < 4.78 is 0. The zero-order valence-corrected chi connectivity index (χ0v) is 25.4. The van der Waals surface area contributed by atoms with Crippen molar-refractivity contribution in [1.82, 2.24) is 0 Å². The van der Waals surface area contributed by atoms with Crippen LogP contribution in [0.25, 0.3) is 0 Å². The third-order valence-electron chi connectivity index (χ3n) is 6.55.